The van der Waals surface area contributed by atoms with Crippen LogP contribution in [0.3, 0.4) is 0 Å². The van der Waals surface area contributed by atoms with Gasteiger partial charge in [-0.3, -0.25) is 9.79 Å². The third-order valence-electron chi connectivity index (χ3n) is 10.5. The zero-order valence-electron chi connectivity index (χ0n) is 37.2. The van der Waals surface area contributed by atoms with Crippen LogP contribution in [0.1, 0.15) is 90.8 Å². The Morgan fingerprint density at radius 2 is 1.27 bits per heavy atom. The molecule has 0 fully saturated rings. The third-order valence-corrected chi connectivity index (χ3v) is 10.5. The Bertz CT molecular complexity index is 2290. The Labute approximate surface area is 358 Å². The lowest BCUT2D eigenvalue weighted by Crippen LogP contribution is -2.15. The minimum absolute atomic E-state index is 0.0999. The summed E-state index contributed by atoms with van der Waals surface area (Å²) in [5.41, 5.74) is 11.9. The highest BCUT2D eigenvalue weighted by atomic mass is 16.5. The van der Waals surface area contributed by atoms with Gasteiger partial charge in [0.1, 0.15) is 13.2 Å². The molecular formula is C52H63N3O5. The molecule has 0 bridgehead atoms. The summed E-state index contributed by atoms with van der Waals surface area (Å²) in [5.74, 6) is 2.68. The van der Waals surface area contributed by atoms with Crippen molar-refractivity contribution in [3.8, 4) is 23.0 Å². The van der Waals surface area contributed by atoms with Crippen LogP contribution in [0.4, 0.5) is 17.1 Å². The number of carbonyl (C=O) groups excluding carboxylic acids is 1. The van der Waals surface area contributed by atoms with Gasteiger partial charge in [0, 0.05) is 53.4 Å². The highest BCUT2D eigenvalue weighted by molar-refractivity contribution is 6.00. The van der Waals surface area contributed by atoms with Gasteiger partial charge in [0.25, 0.3) is 0 Å². The SMILES string of the molecule is C=C(C)c1cc(OC)c(OCc2cc(COc3cc(/N=C\[C@@H](C)Cc4ccccc4C)c(C(C)=O)cc3OC)cc(NC(C)C)c2)cc1NC[C@@H](C)Cc1ccccc1C. The molecule has 5 aromatic carbocycles. The first-order valence-electron chi connectivity index (χ1n) is 20.9. The number of rotatable bonds is 21. The fraction of sp³-hybridized carbons (Fsp3) is 0.346. The third kappa shape index (κ3) is 12.5. The van der Waals surface area contributed by atoms with Gasteiger partial charge in [0.2, 0.25) is 0 Å². The molecule has 5 rings (SSSR count). The van der Waals surface area contributed by atoms with E-state index in [1.54, 1.807) is 26.4 Å². The van der Waals surface area contributed by atoms with E-state index in [9.17, 15) is 4.79 Å². The number of carbonyl (C=O) groups is 1. The lowest BCUT2D eigenvalue weighted by Gasteiger charge is -2.20. The number of nitrogens with one attached hydrogen (secondary N) is 2. The van der Waals surface area contributed by atoms with E-state index in [1.165, 1.54) is 29.2 Å². The van der Waals surface area contributed by atoms with Gasteiger partial charge in [0.05, 0.1) is 19.9 Å². The van der Waals surface area contributed by atoms with E-state index in [4.69, 9.17) is 23.9 Å². The first kappa shape index (κ1) is 45.1. The van der Waals surface area contributed by atoms with Crippen molar-refractivity contribution >= 4 is 34.6 Å². The highest BCUT2D eigenvalue weighted by Gasteiger charge is 2.18. The van der Waals surface area contributed by atoms with E-state index < -0.39 is 0 Å². The first-order valence-corrected chi connectivity index (χ1v) is 20.9. The Hall–Kier alpha value is -6.02. The van der Waals surface area contributed by atoms with Crippen LogP contribution in [0.25, 0.3) is 5.57 Å². The molecule has 2 atom stereocenters. The van der Waals surface area contributed by atoms with Crippen LogP contribution >= 0.6 is 0 Å². The maximum atomic E-state index is 12.8. The van der Waals surface area contributed by atoms with E-state index in [-0.39, 0.29) is 24.3 Å². The number of aryl methyl sites for hydroxylation is 2. The van der Waals surface area contributed by atoms with Crippen LogP contribution < -0.4 is 29.6 Å². The fourth-order valence-electron chi connectivity index (χ4n) is 7.23. The summed E-state index contributed by atoms with van der Waals surface area (Å²) < 4.78 is 24.5. The second-order valence-electron chi connectivity index (χ2n) is 16.3. The molecule has 316 valence electrons. The topological polar surface area (TPSA) is 90.4 Å². The predicted molar refractivity (Wildman–Crippen MR) is 249 cm³/mol. The molecule has 0 unspecified atom stereocenters. The molecule has 5 aromatic rings. The molecule has 0 saturated heterocycles. The number of hydrogen-bond donors (Lipinski definition) is 2. The molecule has 0 amide bonds. The molecule has 0 aliphatic heterocycles. The van der Waals surface area contributed by atoms with Crippen LogP contribution in [0, 0.1) is 25.7 Å². The van der Waals surface area contributed by atoms with Crippen LogP contribution in [-0.4, -0.2) is 38.8 Å². The molecule has 0 saturated carbocycles. The first-order chi connectivity index (χ1) is 28.7. The zero-order valence-corrected chi connectivity index (χ0v) is 37.2. The molecule has 0 aliphatic carbocycles. The van der Waals surface area contributed by atoms with Gasteiger partial charge in [0.15, 0.2) is 28.8 Å². The van der Waals surface area contributed by atoms with Crippen molar-refractivity contribution in [1.82, 2.24) is 0 Å². The molecule has 8 nitrogen and oxygen atoms in total. The fourth-order valence-corrected chi connectivity index (χ4v) is 7.23. The number of ketones is 1. The van der Waals surface area contributed by atoms with Crippen LogP contribution in [0.15, 0.2) is 103 Å². The average Bonchev–Trinajstić information content (AvgIpc) is 3.21. The van der Waals surface area contributed by atoms with Gasteiger partial charge in [-0.1, -0.05) is 69.0 Å². The molecule has 8 heteroatoms. The summed E-state index contributed by atoms with van der Waals surface area (Å²) in [6.45, 7) is 22.0. The number of nitrogens with zero attached hydrogens (tertiary/aromatic N) is 1. The van der Waals surface area contributed by atoms with Gasteiger partial charge in [-0.05, 0) is 136 Å². The van der Waals surface area contributed by atoms with E-state index in [0.717, 1.165) is 53.0 Å². The smallest absolute Gasteiger partial charge is 0.163 e. The zero-order chi connectivity index (χ0) is 43.3. The summed E-state index contributed by atoms with van der Waals surface area (Å²) in [5, 5.41) is 7.23. The van der Waals surface area contributed by atoms with E-state index in [1.807, 2.05) is 31.3 Å². The quantitative estimate of drug-likeness (QED) is 0.0563. The number of Topliss-reactive ketones (excluding diaryl/α,β-unsaturated/α-hetero) is 1. The van der Waals surface area contributed by atoms with Gasteiger partial charge < -0.3 is 29.6 Å². The maximum absolute atomic E-state index is 12.8. The largest absolute Gasteiger partial charge is 0.493 e. The van der Waals surface area contributed by atoms with Crippen molar-refractivity contribution < 1.29 is 23.7 Å². The van der Waals surface area contributed by atoms with Crippen molar-refractivity contribution in [2.75, 3.05) is 31.4 Å². The Balaban J connectivity index is 1.36. The van der Waals surface area contributed by atoms with E-state index in [0.29, 0.717) is 46.8 Å². The molecule has 0 heterocycles. The van der Waals surface area contributed by atoms with Crippen molar-refractivity contribution in [2.24, 2.45) is 16.8 Å². The van der Waals surface area contributed by atoms with Crippen LogP contribution in [0.5, 0.6) is 23.0 Å². The van der Waals surface area contributed by atoms with Gasteiger partial charge in [-0.2, -0.15) is 0 Å². The van der Waals surface area contributed by atoms with Gasteiger partial charge >= 0.3 is 0 Å². The van der Waals surface area contributed by atoms with E-state index >= 15 is 0 Å². The normalized spacial score (nSPS) is 12.2. The Kier molecular flexibility index (Phi) is 16.0. The van der Waals surface area contributed by atoms with Crippen LogP contribution in [0.2, 0.25) is 0 Å². The summed E-state index contributed by atoms with van der Waals surface area (Å²) in [4.78, 5) is 17.6. The number of anilines is 2. The van der Waals surface area contributed by atoms with Crippen molar-refractivity contribution in [1.29, 1.82) is 0 Å². The second-order valence-corrected chi connectivity index (χ2v) is 16.3. The summed E-state index contributed by atoms with van der Waals surface area (Å²) >= 11 is 0. The minimum atomic E-state index is -0.0999. The highest BCUT2D eigenvalue weighted by Crippen LogP contribution is 2.38. The standard InChI is InChI=1S/C52H63N3O5/c1-33(2)45-25-49(57-10)51(27-47(45)53-29-35(5)20-42-18-14-12-16-37(42)7)59-31-40-22-41(24-44(23-40)55-34(3)4)32-60-52-28-48(46(39(9)56)26-50(52)58-11)54-30-36(6)21-43-19-15-13-17-38(43)8/h12-19,22-28,30,34-36,53,55H,1,20-21,29,31-32H2,2-11H3/b54-30-/t35-,36-/m0/s1. The molecular weight excluding hydrogens is 747 g/mol. The van der Waals surface area contributed by atoms with Crippen molar-refractivity contribution in [3.05, 3.63) is 142 Å². The van der Waals surface area contributed by atoms with E-state index in [2.05, 4.69) is 119 Å². The number of ether oxygens (including phenoxy) is 4. The molecule has 0 radical (unpaired) electrons. The number of methoxy groups -OCH3 is 2. The summed E-state index contributed by atoms with van der Waals surface area (Å²) in [6.07, 6.45) is 3.73. The summed E-state index contributed by atoms with van der Waals surface area (Å²) in [6, 6.07) is 30.9. The predicted octanol–water partition coefficient (Wildman–Crippen LogP) is 12.4. The van der Waals surface area contributed by atoms with Crippen molar-refractivity contribution in [3.63, 3.8) is 0 Å². The lowest BCUT2D eigenvalue weighted by molar-refractivity contribution is 0.101. The number of benzene rings is 5. The summed E-state index contributed by atoms with van der Waals surface area (Å²) in [7, 11) is 3.23. The number of aliphatic imine (C=N–C) groups is 1. The monoisotopic (exact) mass is 809 g/mol. The van der Waals surface area contributed by atoms with Gasteiger partial charge in [-0.25, -0.2) is 0 Å². The number of allylic oxidation sites excluding steroid dienone is 1. The molecule has 0 aliphatic rings. The van der Waals surface area contributed by atoms with Crippen molar-refractivity contribution in [2.45, 2.75) is 87.5 Å². The van der Waals surface area contributed by atoms with Crippen LogP contribution in [-0.2, 0) is 26.1 Å². The molecule has 0 spiro atoms. The maximum Gasteiger partial charge on any atom is 0.163 e. The Morgan fingerprint density at radius 1 is 0.717 bits per heavy atom. The Morgan fingerprint density at radius 3 is 1.80 bits per heavy atom. The number of hydrogen-bond acceptors (Lipinski definition) is 8. The second kappa shape index (κ2) is 21.3. The lowest BCUT2D eigenvalue weighted by atomic mass is 9.97. The average molecular weight is 810 g/mol. The molecule has 2 N–H and O–H groups in total. The van der Waals surface area contributed by atoms with Gasteiger partial charge in [-0.15, -0.1) is 0 Å². The molecule has 60 heavy (non-hydrogen) atoms. The molecule has 0 aromatic heterocycles. The minimum Gasteiger partial charge on any atom is -0.493 e.